The van der Waals surface area contributed by atoms with Gasteiger partial charge in [-0.1, -0.05) is 96.8 Å². The van der Waals surface area contributed by atoms with E-state index in [1.54, 1.807) is 0 Å². The minimum absolute atomic E-state index is 0.767. The third kappa shape index (κ3) is 8.90. The summed E-state index contributed by atoms with van der Waals surface area (Å²) in [6.07, 6.45) is 19.3. The van der Waals surface area contributed by atoms with E-state index < -0.39 is 0 Å². The highest BCUT2D eigenvalue weighted by atomic mass is 16.5. The number of aryl methyl sites for hydroxylation is 1. The summed E-state index contributed by atoms with van der Waals surface area (Å²) in [6.45, 7) is 7.74. The van der Waals surface area contributed by atoms with Gasteiger partial charge in [-0.15, -0.1) is 0 Å². The van der Waals surface area contributed by atoms with E-state index in [2.05, 4.69) is 62.3 Å². The fraction of sp³-hybridized carbons (Fsp3) is 0.607. The van der Waals surface area contributed by atoms with Crippen LogP contribution in [0.15, 0.2) is 42.7 Å². The second-order valence-electron chi connectivity index (χ2n) is 8.78. The van der Waals surface area contributed by atoms with Crippen LogP contribution in [-0.2, 0) is 6.42 Å². The summed E-state index contributed by atoms with van der Waals surface area (Å²) in [5, 5.41) is 0. The van der Waals surface area contributed by atoms with E-state index in [1.165, 1.54) is 80.9 Å². The molecule has 0 saturated carbocycles. The predicted octanol–water partition coefficient (Wildman–Crippen LogP) is 8.64. The van der Waals surface area contributed by atoms with Gasteiger partial charge < -0.3 is 4.74 Å². The van der Waals surface area contributed by atoms with Gasteiger partial charge in [0.25, 0.3) is 0 Å². The number of pyridine rings is 1. The van der Waals surface area contributed by atoms with Gasteiger partial charge in [0, 0.05) is 18.0 Å². The van der Waals surface area contributed by atoms with Crippen LogP contribution in [0.5, 0.6) is 5.75 Å². The lowest BCUT2D eigenvalue weighted by atomic mass is 9.92. The number of aromatic nitrogens is 1. The molecule has 166 valence electrons. The molecule has 0 aliphatic carbocycles. The van der Waals surface area contributed by atoms with Crippen LogP contribution in [0, 0.1) is 5.92 Å². The topological polar surface area (TPSA) is 22.1 Å². The van der Waals surface area contributed by atoms with Crippen LogP contribution in [-0.4, -0.2) is 11.6 Å². The predicted molar refractivity (Wildman–Crippen MR) is 130 cm³/mol. The van der Waals surface area contributed by atoms with Crippen LogP contribution in [0.3, 0.4) is 0 Å². The van der Waals surface area contributed by atoms with Crippen LogP contribution >= 0.6 is 0 Å². The van der Waals surface area contributed by atoms with E-state index >= 15 is 0 Å². The van der Waals surface area contributed by atoms with Crippen molar-refractivity contribution in [2.75, 3.05) is 6.61 Å². The molecule has 0 spiro atoms. The van der Waals surface area contributed by atoms with Crippen molar-refractivity contribution >= 4 is 0 Å². The number of ether oxygens (including phenoxy) is 1. The first-order valence-electron chi connectivity index (χ1n) is 12.4. The van der Waals surface area contributed by atoms with E-state index in [0.717, 1.165) is 31.1 Å². The molecule has 1 unspecified atom stereocenters. The molecule has 0 amide bonds. The Bertz CT molecular complexity index is 697. The second-order valence-corrected chi connectivity index (χ2v) is 8.78. The molecule has 2 nitrogen and oxygen atoms in total. The molecule has 0 aliphatic rings. The minimum atomic E-state index is 0.767. The van der Waals surface area contributed by atoms with Gasteiger partial charge in [0.1, 0.15) is 5.75 Å². The van der Waals surface area contributed by atoms with Crippen molar-refractivity contribution in [3.63, 3.8) is 0 Å². The normalized spacial score (nSPS) is 12.1. The summed E-state index contributed by atoms with van der Waals surface area (Å²) in [7, 11) is 0. The fourth-order valence-corrected chi connectivity index (χ4v) is 4.06. The van der Waals surface area contributed by atoms with E-state index in [9.17, 15) is 0 Å². The molecule has 1 aromatic carbocycles. The van der Waals surface area contributed by atoms with E-state index in [0.29, 0.717) is 0 Å². The van der Waals surface area contributed by atoms with E-state index in [-0.39, 0.29) is 0 Å². The lowest BCUT2D eigenvalue weighted by Crippen LogP contribution is -2.02. The first kappa shape index (κ1) is 24.4. The lowest BCUT2D eigenvalue weighted by molar-refractivity contribution is 0.305. The van der Waals surface area contributed by atoms with Gasteiger partial charge in [0.05, 0.1) is 6.61 Å². The van der Waals surface area contributed by atoms with Gasteiger partial charge in [-0.25, -0.2) is 0 Å². The summed E-state index contributed by atoms with van der Waals surface area (Å²) < 4.78 is 6.22. The Hall–Kier alpha value is -1.83. The maximum absolute atomic E-state index is 6.22. The van der Waals surface area contributed by atoms with Crippen LogP contribution in [0.4, 0.5) is 0 Å². The molecule has 2 heteroatoms. The highest BCUT2D eigenvalue weighted by Crippen LogP contribution is 2.33. The first-order chi connectivity index (χ1) is 14.8. The Morgan fingerprint density at radius 3 is 2.37 bits per heavy atom. The Morgan fingerprint density at radius 2 is 1.53 bits per heavy atom. The largest absolute Gasteiger partial charge is 0.493 e. The van der Waals surface area contributed by atoms with E-state index in [4.69, 9.17) is 4.74 Å². The van der Waals surface area contributed by atoms with Gasteiger partial charge in [-0.3, -0.25) is 4.98 Å². The number of rotatable bonds is 16. The molecule has 0 fully saturated rings. The Morgan fingerprint density at radius 1 is 0.800 bits per heavy atom. The molecule has 1 atom stereocenters. The highest BCUT2D eigenvalue weighted by Gasteiger charge is 2.12. The van der Waals surface area contributed by atoms with Crippen molar-refractivity contribution in [2.45, 2.75) is 97.8 Å². The van der Waals surface area contributed by atoms with Gasteiger partial charge in [-0.05, 0) is 48.4 Å². The summed E-state index contributed by atoms with van der Waals surface area (Å²) in [6, 6.07) is 10.7. The van der Waals surface area contributed by atoms with Crippen molar-refractivity contribution in [2.24, 2.45) is 5.92 Å². The lowest BCUT2D eigenvalue weighted by Gasteiger charge is -2.16. The van der Waals surface area contributed by atoms with Crippen molar-refractivity contribution in [1.29, 1.82) is 0 Å². The van der Waals surface area contributed by atoms with Crippen molar-refractivity contribution in [3.05, 3.63) is 48.3 Å². The van der Waals surface area contributed by atoms with Crippen molar-refractivity contribution in [1.82, 2.24) is 4.98 Å². The molecular formula is C28H43NO. The average Bonchev–Trinajstić information content (AvgIpc) is 2.78. The summed E-state index contributed by atoms with van der Waals surface area (Å²) in [4.78, 5) is 4.42. The molecular weight excluding hydrogens is 366 g/mol. The van der Waals surface area contributed by atoms with Crippen LogP contribution in [0.25, 0.3) is 11.1 Å². The third-order valence-corrected chi connectivity index (χ3v) is 6.04. The molecule has 30 heavy (non-hydrogen) atoms. The van der Waals surface area contributed by atoms with Gasteiger partial charge >= 0.3 is 0 Å². The van der Waals surface area contributed by atoms with Gasteiger partial charge in [0.15, 0.2) is 0 Å². The SMILES string of the molecule is CCCCCCCCOc1ccccc1-c1ccncc1CCC(C)CCCCC. The zero-order chi connectivity index (χ0) is 21.4. The van der Waals surface area contributed by atoms with Crippen molar-refractivity contribution < 1.29 is 4.74 Å². The zero-order valence-corrected chi connectivity index (χ0v) is 19.7. The summed E-state index contributed by atoms with van der Waals surface area (Å²) >= 11 is 0. The first-order valence-corrected chi connectivity index (χ1v) is 12.4. The quantitative estimate of drug-likeness (QED) is 0.259. The monoisotopic (exact) mass is 409 g/mol. The number of hydrogen-bond donors (Lipinski definition) is 0. The van der Waals surface area contributed by atoms with Gasteiger partial charge in [0.2, 0.25) is 0 Å². The number of hydrogen-bond acceptors (Lipinski definition) is 2. The fourth-order valence-electron chi connectivity index (χ4n) is 4.06. The maximum atomic E-state index is 6.22. The molecule has 1 heterocycles. The standard InChI is InChI=1S/C28H43NO/c1-4-6-8-9-10-14-22-30-28-17-13-12-16-27(28)26-20-21-29-23-25(26)19-18-24(3)15-11-7-5-2/h12-13,16-17,20-21,23-24H,4-11,14-15,18-19,22H2,1-3H3. The number of nitrogens with zero attached hydrogens (tertiary/aromatic N) is 1. The van der Waals surface area contributed by atoms with Crippen LogP contribution < -0.4 is 4.74 Å². The number of benzene rings is 1. The molecule has 0 radical (unpaired) electrons. The summed E-state index contributed by atoms with van der Waals surface area (Å²) in [5.41, 5.74) is 3.83. The molecule has 0 aliphatic heterocycles. The van der Waals surface area contributed by atoms with E-state index in [1.807, 2.05) is 6.20 Å². The van der Waals surface area contributed by atoms with Crippen LogP contribution in [0.1, 0.15) is 97.0 Å². The minimum Gasteiger partial charge on any atom is -0.493 e. The Labute approximate surface area is 185 Å². The smallest absolute Gasteiger partial charge is 0.127 e. The molecule has 0 N–H and O–H groups in total. The third-order valence-electron chi connectivity index (χ3n) is 6.04. The Balaban J connectivity index is 1.95. The van der Waals surface area contributed by atoms with Crippen LogP contribution in [0.2, 0.25) is 0 Å². The summed E-state index contributed by atoms with van der Waals surface area (Å²) in [5.74, 6) is 1.78. The maximum Gasteiger partial charge on any atom is 0.127 e. The Kier molecular flexibility index (Phi) is 12.3. The zero-order valence-electron chi connectivity index (χ0n) is 19.7. The average molecular weight is 410 g/mol. The molecule has 0 bridgehead atoms. The molecule has 2 rings (SSSR count). The molecule has 1 aromatic heterocycles. The number of para-hydroxylation sites is 1. The van der Waals surface area contributed by atoms with Crippen molar-refractivity contribution in [3.8, 4) is 16.9 Å². The highest BCUT2D eigenvalue weighted by molar-refractivity contribution is 5.72. The van der Waals surface area contributed by atoms with Gasteiger partial charge in [-0.2, -0.15) is 0 Å². The number of unbranched alkanes of at least 4 members (excludes halogenated alkanes) is 7. The molecule has 2 aromatic rings. The molecule has 0 saturated heterocycles. The second kappa shape index (κ2) is 15.0.